The molecule has 0 heterocycles. The number of hydrogen-bond acceptors (Lipinski definition) is 0. The molecule has 0 bridgehead atoms. The highest BCUT2D eigenvalue weighted by molar-refractivity contribution is 6.87. The molecule has 0 aromatic heterocycles. The summed E-state index contributed by atoms with van der Waals surface area (Å²) in [5.41, 5.74) is 0.959. The third-order valence-electron chi connectivity index (χ3n) is 3.45. The fourth-order valence-electron chi connectivity index (χ4n) is 2.28. The van der Waals surface area contributed by atoms with E-state index in [1.54, 1.807) is 0 Å². The van der Waals surface area contributed by atoms with Crippen molar-refractivity contribution in [1.29, 1.82) is 0 Å². The lowest BCUT2D eigenvalue weighted by molar-refractivity contribution is 1.17. The lowest BCUT2D eigenvalue weighted by Crippen LogP contribution is -2.30. The average molecular weight is 278 g/mol. The van der Waals surface area contributed by atoms with Gasteiger partial charge < -0.3 is 0 Å². The molecule has 2 fully saturated rings. The molecule has 2 aliphatic carbocycles. The lowest BCUT2D eigenvalue weighted by Gasteiger charge is -2.23. The predicted octanol–water partition coefficient (Wildman–Crippen LogP) is 4.59. The fraction of sp³-hybridized carbons (Fsp3) is 1.00. The van der Waals surface area contributed by atoms with E-state index in [0.717, 1.165) is 12.8 Å². The summed E-state index contributed by atoms with van der Waals surface area (Å²) in [6.07, 6.45) is 1.85. The van der Waals surface area contributed by atoms with Crippen LogP contribution in [0.3, 0.4) is 0 Å². The van der Waals surface area contributed by atoms with Crippen LogP contribution in [-0.2, 0) is 0 Å². The summed E-state index contributed by atoms with van der Waals surface area (Å²) in [5, 5.41) is 0. The van der Waals surface area contributed by atoms with Crippen LogP contribution in [0.2, 0.25) is 24.2 Å². The summed E-state index contributed by atoms with van der Waals surface area (Å²) in [5.74, 6) is 0. The van der Waals surface area contributed by atoms with Gasteiger partial charge in [0, 0.05) is 0 Å². The Bertz CT molecular complexity index is 225. The zero-order valence-electron chi connectivity index (χ0n) is 7.58. The molecular weight excluding hydrogens is 266 g/mol. The SMILES string of the molecule is C[Si](C)(C1CC1(Cl)Cl)C1CC1(Cl)Cl. The lowest BCUT2D eigenvalue weighted by atomic mass is 10.9. The van der Waals surface area contributed by atoms with Gasteiger partial charge in [-0.25, -0.2) is 0 Å². The summed E-state index contributed by atoms with van der Waals surface area (Å²) in [6.45, 7) is 4.59. The second-order valence-electron chi connectivity index (χ2n) is 4.86. The van der Waals surface area contributed by atoms with Crippen molar-refractivity contribution >= 4 is 54.5 Å². The van der Waals surface area contributed by atoms with Gasteiger partial charge in [-0.15, -0.1) is 46.4 Å². The topological polar surface area (TPSA) is 0 Å². The van der Waals surface area contributed by atoms with Gasteiger partial charge in [0.25, 0.3) is 0 Å². The molecule has 0 amide bonds. The van der Waals surface area contributed by atoms with Gasteiger partial charge in [-0.05, 0) is 23.9 Å². The molecule has 0 aromatic rings. The average Bonchev–Trinajstić information content (AvgIpc) is 2.71. The maximum Gasteiger partial charge on any atom is 0.119 e. The van der Waals surface area contributed by atoms with Crippen molar-refractivity contribution in [3.63, 3.8) is 0 Å². The quantitative estimate of drug-likeness (QED) is 0.512. The Morgan fingerprint density at radius 3 is 1.31 bits per heavy atom. The summed E-state index contributed by atoms with van der Waals surface area (Å²) in [4.78, 5) is 0. The van der Waals surface area contributed by atoms with E-state index >= 15 is 0 Å². The molecule has 2 rings (SSSR count). The molecule has 2 atom stereocenters. The van der Waals surface area contributed by atoms with E-state index in [1.807, 2.05) is 0 Å². The second kappa shape index (κ2) is 2.73. The highest BCUT2D eigenvalue weighted by atomic mass is 35.5. The van der Waals surface area contributed by atoms with E-state index in [9.17, 15) is 0 Å². The number of alkyl halides is 4. The van der Waals surface area contributed by atoms with E-state index in [-0.39, 0.29) is 0 Å². The Balaban J connectivity index is 2.07. The Labute approximate surface area is 99.9 Å². The smallest absolute Gasteiger partial charge is 0.102 e. The van der Waals surface area contributed by atoms with Crippen molar-refractivity contribution in [2.75, 3.05) is 0 Å². The molecule has 0 aliphatic heterocycles. The highest BCUT2D eigenvalue weighted by Crippen LogP contribution is 2.73. The molecule has 0 nitrogen and oxygen atoms in total. The van der Waals surface area contributed by atoms with Crippen molar-refractivity contribution in [1.82, 2.24) is 0 Å². The van der Waals surface area contributed by atoms with Crippen molar-refractivity contribution in [3.8, 4) is 0 Å². The van der Waals surface area contributed by atoms with E-state index in [1.165, 1.54) is 0 Å². The minimum Gasteiger partial charge on any atom is -0.102 e. The normalized spacial score (nSPS) is 40.2. The maximum absolute atomic E-state index is 6.07. The van der Waals surface area contributed by atoms with Crippen LogP contribution in [0, 0.1) is 0 Å². The van der Waals surface area contributed by atoms with Crippen molar-refractivity contribution < 1.29 is 0 Å². The summed E-state index contributed by atoms with van der Waals surface area (Å²) >= 11 is 24.3. The Morgan fingerprint density at radius 1 is 0.923 bits per heavy atom. The summed E-state index contributed by atoms with van der Waals surface area (Å²) in [6, 6.07) is 0. The van der Waals surface area contributed by atoms with Crippen LogP contribution >= 0.6 is 46.4 Å². The van der Waals surface area contributed by atoms with Crippen molar-refractivity contribution in [3.05, 3.63) is 0 Å². The molecule has 76 valence electrons. The van der Waals surface area contributed by atoms with Gasteiger partial charge in [-0.2, -0.15) is 0 Å². The van der Waals surface area contributed by atoms with E-state index in [4.69, 9.17) is 46.4 Å². The summed E-state index contributed by atoms with van der Waals surface area (Å²) < 4.78 is -0.940. The minimum atomic E-state index is -1.43. The van der Waals surface area contributed by atoms with Crippen LogP contribution < -0.4 is 0 Å². The molecule has 13 heavy (non-hydrogen) atoms. The first-order valence-electron chi connectivity index (χ1n) is 4.43. The highest BCUT2D eigenvalue weighted by Gasteiger charge is 2.69. The van der Waals surface area contributed by atoms with Gasteiger partial charge in [-0.1, -0.05) is 13.1 Å². The first-order chi connectivity index (χ1) is 5.68. The monoisotopic (exact) mass is 276 g/mol. The Morgan fingerprint density at radius 2 is 1.15 bits per heavy atom. The molecule has 2 unspecified atom stereocenters. The zero-order valence-corrected chi connectivity index (χ0v) is 11.6. The van der Waals surface area contributed by atoms with Crippen LogP contribution in [0.5, 0.6) is 0 Å². The van der Waals surface area contributed by atoms with Gasteiger partial charge in [0.15, 0.2) is 0 Å². The molecule has 0 saturated heterocycles. The third-order valence-corrected chi connectivity index (χ3v) is 10.8. The van der Waals surface area contributed by atoms with Crippen LogP contribution in [0.25, 0.3) is 0 Å². The second-order valence-corrected chi connectivity index (χ2v) is 13.0. The third kappa shape index (κ3) is 1.76. The predicted molar refractivity (Wildman–Crippen MR) is 63.1 cm³/mol. The van der Waals surface area contributed by atoms with E-state index in [0.29, 0.717) is 11.1 Å². The van der Waals surface area contributed by atoms with E-state index < -0.39 is 16.7 Å². The molecule has 5 heteroatoms. The Hall–Kier alpha value is 1.38. The molecule has 2 aliphatic rings. The van der Waals surface area contributed by atoms with Crippen LogP contribution in [0.15, 0.2) is 0 Å². The van der Waals surface area contributed by atoms with Gasteiger partial charge in [0.05, 0.1) is 8.07 Å². The largest absolute Gasteiger partial charge is 0.119 e. The standard InChI is InChI=1S/C8H12Cl4Si/c1-13(2,5-3-7(5,9)10)6-4-8(6,11)12/h5-6H,3-4H2,1-2H3. The molecule has 0 aromatic carbocycles. The fourth-order valence-corrected chi connectivity index (χ4v) is 11.2. The van der Waals surface area contributed by atoms with Gasteiger partial charge >= 0.3 is 0 Å². The zero-order chi connectivity index (χ0) is 10.1. The Kier molecular flexibility index (Phi) is 2.29. The summed E-state index contributed by atoms with van der Waals surface area (Å²) in [7, 11) is -1.43. The number of hydrogen-bond donors (Lipinski definition) is 0. The minimum absolute atomic E-state index is 0.470. The number of rotatable bonds is 2. The van der Waals surface area contributed by atoms with Crippen LogP contribution in [0.1, 0.15) is 12.8 Å². The molecule has 2 saturated carbocycles. The number of halogens is 4. The molecular formula is C8H12Cl4Si. The van der Waals surface area contributed by atoms with Crippen LogP contribution in [0.4, 0.5) is 0 Å². The molecule has 0 spiro atoms. The van der Waals surface area contributed by atoms with Crippen molar-refractivity contribution in [2.45, 2.75) is 45.7 Å². The van der Waals surface area contributed by atoms with Crippen LogP contribution in [-0.4, -0.2) is 16.7 Å². The van der Waals surface area contributed by atoms with Gasteiger partial charge in [0.2, 0.25) is 0 Å². The van der Waals surface area contributed by atoms with Crippen molar-refractivity contribution in [2.24, 2.45) is 0 Å². The van der Waals surface area contributed by atoms with Gasteiger partial charge in [-0.3, -0.25) is 0 Å². The maximum atomic E-state index is 6.07. The first-order valence-corrected chi connectivity index (χ1v) is 9.10. The molecule has 0 radical (unpaired) electrons. The first kappa shape index (κ1) is 10.9. The van der Waals surface area contributed by atoms with Gasteiger partial charge in [0.1, 0.15) is 8.67 Å². The van der Waals surface area contributed by atoms with E-state index in [2.05, 4.69) is 13.1 Å². The molecule has 0 N–H and O–H groups in total.